The van der Waals surface area contributed by atoms with E-state index in [1.165, 1.54) is 23.4 Å². The number of hydrogen-bond donors (Lipinski definition) is 1. The molecule has 4 aromatic carbocycles. The lowest BCUT2D eigenvalue weighted by Gasteiger charge is -2.38. The second-order valence-corrected chi connectivity index (χ2v) is 12.7. The number of rotatable bonds is 7. The number of nitrogens with one attached hydrogen (secondary N) is 1. The number of hydrogen-bond acceptors (Lipinski definition) is 7. The van der Waals surface area contributed by atoms with Crippen molar-refractivity contribution in [2.45, 2.75) is 39.3 Å². The van der Waals surface area contributed by atoms with E-state index in [1.54, 1.807) is 30.0 Å². The van der Waals surface area contributed by atoms with Crippen molar-refractivity contribution in [2.24, 2.45) is 0 Å². The molecule has 1 aromatic heterocycles. The van der Waals surface area contributed by atoms with Crippen molar-refractivity contribution >= 4 is 45.2 Å². The first-order valence-corrected chi connectivity index (χ1v) is 17.0. The highest BCUT2D eigenvalue weighted by molar-refractivity contribution is 5.97. The van der Waals surface area contributed by atoms with Gasteiger partial charge in [0.05, 0.1) is 12.5 Å². The maximum atomic E-state index is 13.2. The Balaban J connectivity index is 0.000000331. The van der Waals surface area contributed by atoms with Crippen molar-refractivity contribution < 1.29 is 23.5 Å². The SMILES string of the molecule is COc1cccc2c(=O)cc(C(=O)NC(C)C(=O)N3CCN(c4ccccc4CN4CCCC4=O)CC3)oc12.Cc1ccc2ccccc2c1. The molecule has 10 nitrogen and oxygen atoms in total. The minimum Gasteiger partial charge on any atom is -0.493 e. The number of carbonyl (C=O) groups excluding carboxylic acids is 3. The van der Waals surface area contributed by atoms with E-state index in [1.807, 2.05) is 17.0 Å². The third-order valence-corrected chi connectivity index (χ3v) is 9.24. The van der Waals surface area contributed by atoms with Crippen LogP contribution >= 0.6 is 0 Å². The third kappa shape index (κ3) is 7.64. The van der Waals surface area contributed by atoms with E-state index >= 15 is 0 Å². The lowest BCUT2D eigenvalue weighted by molar-refractivity contribution is -0.133. The second-order valence-electron chi connectivity index (χ2n) is 12.7. The van der Waals surface area contributed by atoms with Crippen LogP contribution in [0.5, 0.6) is 5.75 Å². The summed E-state index contributed by atoms with van der Waals surface area (Å²) in [5.74, 6) is -0.507. The summed E-state index contributed by atoms with van der Waals surface area (Å²) >= 11 is 0. The predicted molar refractivity (Wildman–Crippen MR) is 195 cm³/mol. The topological polar surface area (TPSA) is 112 Å². The highest BCUT2D eigenvalue weighted by Crippen LogP contribution is 2.26. The molecular weight excluding hydrogens is 632 g/mol. The molecule has 0 bridgehead atoms. The summed E-state index contributed by atoms with van der Waals surface area (Å²) in [4.78, 5) is 56.6. The zero-order valence-electron chi connectivity index (χ0n) is 28.7. The quantitative estimate of drug-likeness (QED) is 0.241. The normalized spacial score (nSPS) is 15.1. The number of methoxy groups -OCH3 is 1. The van der Waals surface area contributed by atoms with Crippen LogP contribution in [0.25, 0.3) is 21.7 Å². The monoisotopic (exact) mass is 674 g/mol. The Bertz CT molecular complexity index is 2080. The smallest absolute Gasteiger partial charge is 0.287 e. The first-order valence-electron chi connectivity index (χ1n) is 17.0. The van der Waals surface area contributed by atoms with Gasteiger partial charge in [-0.2, -0.15) is 0 Å². The summed E-state index contributed by atoms with van der Waals surface area (Å²) in [7, 11) is 1.45. The van der Waals surface area contributed by atoms with Crippen molar-refractivity contribution in [3.63, 3.8) is 0 Å². The summed E-state index contributed by atoms with van der Waals surface area (Å²) in [5.41, 5.74) is 3.31. The summed E-state index contributed by atoms with van der Waals surface area (Å²) in [5, 5.41) is 5.62. The van der Waals surface area contributed by atoms with Crippen molar-refractivity contribution in [1.82, 2.24) is 15.1 Å². The van der Waals surface area contributed by atoms with E-state index in [4.69, 9.17) is 9.15 Å². The Morgan fingerprint density at radius 2 is 1.60 bits per heavy atom. The minimum absolute atomic E-state index is 0.183. The fraction of sp³-hybridized carbons (Fsp3) is 0.300. The van der Waals surface area contributed by atoms with Crippen LogP contribution in [0.4, 0.5) is 5.69 Å². The van der Waals surface area contributed by atoms with E-state index in [0.29, 0.717) is 50.3 Å². The number of anilines is 1. The molecule has 10 heteroatoms. The molecule has 2 aliphatic rings. The third-order valence-electron chi connectivity index (χ3n) is 9.24. The van der Waals surface area contributed by atoms with Gasteiger partial charge in [-0.1, -0.05) is 72.3 Å². The Hall–Kier alpha value is -5.64. The van der Waals surface area contributed by atoms with Crippen LogP contribution in [0.3, 0.4) is 0 Å². The number of nitrogens with zero attached hydrogens (tertiary/aromatic N) is 3. The van der Waals surface area contributed by atoms with E-state index < -0.39 is 11.9 Å². The van der Waals surface area contributed by atoms with Gasteiger partial charge in [0.2, 0.25) is 11.8 Å². The molecule has 3 amide bonds. The fourth-order valence-electron chi connectivity index (χ4n) is 6.53. The van der Waals surface area contributed by atoms with Crippen LogP contribution in [0, 0.1) is 6.92 Å². The molecule has 5 aromatic rings. The maximum absolute atomic E-state index is 13.2. The van der Waals surface area contributed by atoms with Gasteiger partial charge in [0, 0.05) is 57.4 Å². The second kappa shape index (κ2) is 15.3. The number of fused-ring (bicyclic) bond motifs is 2. The van der Waals surface area contributed by atoms with Gasteiger partial charge in [0.25, 0.3) is 5.91 Å². The van der Waals surface area contributed by atoms with E-state index in [0.717, 1.165) is 30.3 Å². The van der Waals surface area contributed by atoms with Crippen molar-refractivity contribution in [2.75, 3.05) is 44.7 Å². The van der Waals surface area contributed by atoms with Gasteiger partial charge in [-0.15, -0.1) is 0 Å². The van der Waals surface area contributed by atoms with Crippen molar-refractivity contribution in [3.05, 3.63) is 118 Å². The van der Waals surface area contributed by atoms with E-state index in [-0.39, 0.29) is 28.6 Å². The summed E-state index contributed by atoms with van der Waals surface area (Å²) in [6.45, 7) is 7.38. The molecule has 1 unspecified atom stereocenters. The molecule has 50 heavy (non-hydrogen) atoms. The van der Waals surface area contributed by atoms with Crippen LogP contribution in [0.2, 0.25) is 0 Å². The molecule has 2 aliphatic heterocycles. The fourth-order valence-corrected chi connectivity index (χ4v) is 6.53. The van der Waals surface area contributed by atoms with Gasteiger partial charge >= 0.3 is 0 Å². The maximum Gasteiger partial charge on any atom is 0.287 e. The number of para-hydroxylation sites is 2. The largest absolute Gasteiger partial charge is 0.493 e. The van der Waals surface area contributed by atoms with Crippen molar-refractivity contribution in [1.29, 1.82) is 0 Å². The first-order chi connectivity index (χ1) is 24.2. The molecule has 0 radical (unpaired) electrons. The lowest BCUT2D eigenvalue weighted by Crippen LogP contribution is -2.54. The van der Waals surface area contributed by atoms with Gasteiger partial charge in [-0.25, -0.2) is 0 Å². The average Bonchev–Trinajstić information content (AvgIpc) is 3.55. The molecule has 0 saturated carbocycles. The van der Waals surface area contributed by atoms with Crippen LogP contribution in [-0.4, -0.2) is 73.4 Å². The van der Waals surface area contributed by atoms with Crippen molar-refractivity contribution in [3.8, 4) is 5.75 Å². The number of aryl methyl sites for hydroxylation is 1. The van der Waals surface area contributed by atoms with Crippen LogP contribution < -0.4 is 20.4 Å². The molecular formula is C40H42N4O6. The molecule has 3 heterocycles. The Morgan fingerprint density at radius 1 is 0.860 bits per heavy atom. The molecule has 2 saturated heterocycles. The molecule has 1 N–H and O–H groups in total. The molecule has 7 rings (SSSR count). The highest BCUT2D eigenvalue weighted by atomic mass is 16.5. The van der Waals surface area contributed by atoms with Gasteiger partial charge in [-0.3, -0.25) is 19.2 Å². The predicted octanol–water partition coefficient (Wildman–Crippen LogP) is 5.54. The first kappa shape index (κ1) is 34.2. The lowest BCUT2D eigenvalue weighted by atomic mass is 10.1. The molecule has 258 valence electrons. The standard InChI is InChI=1S/C29H32N4O6.C11H10/c1-19(30-28(36)25-17-23(34)21-8-5-10-24(38-2)27(21)39-25)29(37)32-15-13-31(14-16-32)22-9-4-3-7-20(22)18-33-12-6-11-26(33)35;1-9-6-7-10-4-2-3-5-11(10)8-9/h3-5,7-10,17,19H,6,11-16,18H2,1-2H3,(H,30,36);2-8H,1H3. The Labute approximate surface area is 291 Å². The van der Waals surface area contributed by atoms with E-state index in [9.17, 15) is 19.2 Å². The Morgan fingerprint density at radius 3 is 2.34 bits per heavy atom. The summed E-state index contributed by atoms with van der Waals surface area (Å²) in [6.07, 6.45) is 1.51. The number of ether oxygens (including phenoxy) is 1. The van der Waals surface area contributed by atoms with Gasteiger partial charge < -0.3 is 29.2 Å². The number of benzene rings is 4. The van der Waals surface area contributed by atoms with E-state index in [2.05, 4.69) is 71.7 Å². The number of amides is 3. The molecule has 2 fully saturated rings. The van der Waals surface area contributed by atoms with Gasteiger partial charge in [0.15, 0.2) is 22.5 Å². The Kier molecular flexibility index (Phi) is 10.5. The number of carbonyl (C=O) groups is 3. The number of likely N-dealkylation sites (tertiary alicyclic amines) is 1. The highest BCUT2D eigenvalue weighted by Gasteiger charge is 2.28. The minimum atomic E-state index is -0.809. The van der Waals surface area contributed by atoms with Crippen LogP contribution in [0.15, 0.2) is 100 Å². The molecule has 0 aliphatic carbocycles. The number of piperazine rings is 1. The van der Waals surface area contributed by atoms with Crippen LogP contribution in [0.1, 0.15) is 41.4 Å². The average molecular weight is 675 g/mol. The summed E-state index contributed by atoms with van der Waals surface area (Å²) < 4.78 is 10.9. The zero-order valence-corrected chi connectivity index (χ0v) is 28.7. The van der Waals surface area contributed by atoms with Gasteiger partial charge in [0.1, 0.15) is 6.04 Å². The molecule has 0 spiro atoms. The zero-order chi connectivity index (χ0) is 35.2. The van der Waals surface area contributed by atoms with Gasteiger partial charge in [-0.05, 0) is 54.8 Å². The molecule has 1 atom stereocenters. The van der Waals surface area contributed by atoms with Crippen LogP contribution in [-0.2, 0) is 16.1 Å². The summed E-state index contributed by atoms with van der Waals surface area (Å²) in [6, 6.07) is 28.2.